The third-order valence-corrected chi connectivity index (χ3v) is 3.76. The lowest BCUT2D eigenvalue weighted by molar-refractivity contribution is -0.128. The van der Waals surface area contributed by atoms with E-state index in [4.69, 9.17) is 0 Å². The lowest BCUT2D eigenvalue weighted by Gasteiger charge is -2.24. The fraction of sp³-hybridized carbons (Fsp3) is 0.529. The highest BCUT2D eigenvalue weighted by atomic mass is 16.2. The zero-order valence-electron chi connectivity index (χ0n) is 15.3. The second-order valence-corrected chi connectivity index (χ2v) is 6.34. The van der Waals surface area contributed by atoms with Crippen LogP contribution in [0.5, 0.6) is 0 Å². The van der Waals surface area contributed by atoms with Crippen LogP contribution in [0.1, 0.15) is 33.5 Å². The quantitative estimate of drug-likeness (QED) is 0.513. The summed E-state index contributed by atoms with van der Waals surface area (Å²) in [5.41, 5.74) is 0.261. The zero-order chi connectivity index (χ0) is 18.3. The first-order chi connectivity index (χ1) is 12.0. The van der Waals surface area contributed by atoms with Crippen molar-refractivity contribution in [3.63, 3.8) is 0 Å². The van der Waals surface area contributed by atoms with Crippen LogP contribution in [-0.2, 0) is 11.3 Å². The van der Waals surface area contributed by atoms with Crippen molar-refractivity contribution in [2.24, 2.45) is 10.4 Å². The number of guanidine groups is 1. The summed E-state index contributed by atoms with van der Waals surface area (Å²) in [6, 6.07) is 5.76. The highest BCUT2D eigenvalue weighted by molar-refractivity contribution is 5.84. The lowest BCUT2D eigenvalue weighted by Crippen LogP contribution is -2.47. The average Bonchev–Trinajstić information content (AvgIpc) is 3.01. The second kappa shape index (κ2) is 8.46. The SMILES string of the molecule is CCNC(=O)C(C)(C)CNC(=NCc1nnc2ccccn12)NCC. The van der Waals surface area contributed by atoms with Crippen molar-refractivity contribution in [2.45, 2.75) is 34.2 Å². The first-order valence-corrected chi connectivity index (χ1v) is 8.57. The van der Waals surface area contributed by atoms with Gasteiger partial charge >= 0.3 is 0 Å². The Hall–Kier alpha value is -2.64. The highest BCUT2D eigenvalue weighted by Gasteiger charge is 2.27. The van der Waals surface area contributed by atoms with Gasteiger partial charge < -0.3 is 16.0 Å². The van der Waals surface area contributed by atoms with E-state index in [0.717, 1.165) is 18.0 Å². The van der Waals surface area contributed by atoms with E-state index in [1.165, 1.54) is 0 Å². The van der Waals surface area contributed by atoms with Crippen LogP contribution in [0.2, 0.25) is 0 Å². The van der Waals surface area contributed by atoms with Crippen LogP contribution >= 0.6 is 0 Å². The summed E-state index contributed by atoms with van der Waals surface area (Å²) in [5, 5.41) is 17.6. The molecule has 2 aromatic heterocycles. The van der Waals surface area contributed by atoms with Crippen molar-refractivity contribution in [1.29, 1.82) is 0 Å². The summed E-state index contributed by atoms with van der Waals surface area (Å²) in [7, 11) is 0. The average molecular weight is 345 g/mol. The van der Waals surface area contributed by atoms with E-state index in [0.29, 0.717) is 25.6 Å². The molecular weight excluding hydrogens is 318 g/mol. The minimum Gasteiger partial charge on any atom is -0.357 e. The van der Waals surface area contributed by atoms with Crippen molar-refractivity contribution in [3.8, 4) is 0 Å². The Labute approximate surface area is 148 Å². The van der Waals surface area contributed by atoms with Crippen LogP contribution < -0.4 is 16.0 Å². The van der Waals surface area contributed by atoms with Crippen LogP contribution in [0.4, 0.5) is 0 Å². The number of rotatable bonds is 7. The molecule has 0 saturated carbocycles. The first-order valence-electron chi connectivity index (χ1n) is 8.57. The van der Waals surface area contributed by atoms with E-state index in [9.17, 15) is 4.79 Å². The summed E-state index contributed by atoms with van der Waals surface area (Å²) in [6.07, 6.45) is 1.92. The van der Waals surface area contributed by atoms with Gasteiger partial charge in [-0.1, -0.05) is 6.07 Å². The minimum absolute atomic E-state index is 0.0156. The second-order valence-electron chi connectivity index (χ2n) is 6.34. The third-order valence-electron chi connectivity index (χ3n) is 3.76. The van der Waals surface area contributed by atoms with Crippen molar-refractivity contribution >= 4 is 17.5 Å². The first kappa shape index (κ1) is 18.7. The molecule has 8 heteroatoms. The molecule has 8 nitrogen and oxygen atoms in total. The van der Waals surface area contributed by atoms with Crippen LogP contribution in [0.25, 0.3) is 5.65 Å². The van der Waals surface area contributed by atoms with Gasteiger partial charge in [-0.3, -0.25) is 9.20 Å². The molecule has 0 bridgehead atoms. The molecule has 0 spiro atoms. The standard InChI is InChI=1S/C17H27N7O/c1-5-18-15(25)17(3,4)12-21-16(19-6-2)20-11-14-23-22-13-9-7-8-10-24(13)14/h7-10H,5-6,11-12H2,1-4H3,(H,18,25)(H2,19,20,21). The van der Waals surface area contributed by atoms with E-state index in [1.807, 2.05) is 56.5 Å². The summed E-state index contributed by atoms with van der Waals surface area (Å²) in [6.45, 7) is 9.94. The molecule has 0 aliphatic rings. The van der Waals surface area contributed by atoms with Crippen LogP contribution in [-0.4, -0.2) is 46.1 Å². The number of carbonyl (C=O) groups is 1. The van der Waals surface area contributed by atoms with E-state index in [1.54, 1.807) is 0 Å². The van der Waals surface area contributed by atoms with Gasteiger partial charge in [0.1, 0.15) is 6.54 Å². The smallest absolute Gasteiger partial charge is 0.227 e. The number of nitrogens with one attached hydrogen (secondary N) is 3. The maximum atomic E-state index is 12.1. The maximum absolute atomic E-state index is 12.1. The molecule has 0 atom stereocenters. The fourth-order valence-corrected chi connectivity index (χ4v) is 2.28. The molecule has 1 amide bonds. The number of carbonyl (C=O) groups excluding carboxylic acids is 1. The molecule has 0 unspecified atom stereocenters. The van der Waals surface area contributed by atoms with Gasteiger partial charge in [-0.05, 0) is 39.8 Å². The molecule has 0 radical (unpaired) electrons. The number of aliphatic imine (C=N–C) groups is 1. The van der Waals surface area contributed by atoms with Gasteiger partial charge in [0.15, 0.2) is 17.4 Å². The molecule has 136 valence electrons. The maximum Gasteiger partial charge on any atom is 0.227 e. The van der Waals surface area contributed by atoms with Gasteiger partial charge in [0.25, 0.3) is 0 Å². The number of hydrogen-bond acceptors (Lipinski definition) is 4. The summed E-state index contributed by atoms with van der Waals surface area (Å²) < 4.78 is 1.91. The molecule has 0 aliphatic carbocycles. The Balaban J connectivity index is 2.04. The summed E-state index contributed by atoms with van der Waals surface area (Å²) >= 11 is 0. The van der Waals surface area contributed by atoms with Gasteiger partial charge in [-0.2, -0.15) is 0 Å². The highest BCUT2D eigenvalue weighted by Crippen LogP contribution is 2.13. The van der Waals surface area contributed by atoms with E-state index < -0.39 is 5.41 Å². The third kappa shape index (κ3) is 4.91. The fourth-order valence-electron chi connectivity index (χ4n) is 2.28. The molecule has 0 aliphatic heterocycles. The molecular formula is C17H27N7O. The number of hydrogen-bond donors (Lipinski definition) is 3. The zero-order valence-corrected chi connectivity index (χ0v) is 15.3. The normalized spacial score (nSPS) is 12.2. The number of nitrogens with zero attached hydrogens (tertiary/aromatic N) is 4. The van der Waals surface area contributed by atoms with E-state index in [2.05, 4.69) is 31.1 Å². The molecule has 25 heavy (non-hydrogen) atoms. The molecule has 0 aromatic carbocycles. The Morgan fingerprint density at radius 1 is 1.16 bits per heavy atom. The molecule has 2 heterocycles. The lowest BCUT2D eigenvalue weighted by atomic mass is 9.92. The minimum atomic E-state index is -0.534. The van der Waals surface area contributed by atoms with Crippen LogP contribution in [0.15, 0.2) is 29.4 Å². The number of fused-ring (bicyclic) bond motifs is 1. The predicted octanol–water partition coefficient (Wildman–Crippen LogP) is 0.947. The van der Waals surface area contributed by atoms with E-state index >= 15 is 0 Å². The Morgan fingerprint density at radius 3 is 2.64 bits per heavy atom. The predicted molar refractivity (Wildman–Crippen MR) is 98.3 cm³/mol. The molecule has 3 N–H and O–H groups in total. The largest absolute Gasteiger partial charge is 0.357 e. The van der Waals surface area contributed by atoms with Crippen molar-refractivity contribution in [1.82, 2.24) is 30.5 Å². The van der Waals surface area contributed by atoms with Gasteiger partial charge in [-0.25, -0.2) is 4.99 Å². The molecule has 2 rings (SSSR count). The van der Waals surface area contributed by atoms with Gasteiger partial charge in [0.05, 0.1) is 5.41 Å². The van der Waals surface area contributed by atoms with Crippen LogP contribution in [0.3, 0.4) is 0 Å². The summed E-state index contributed by atoms with van der Waals surface area (Å²) in [4.78, 5) is 16.6. The monoisotopic (exact) mass is 345 g/mol. The van der Waals surface area contributed by atoms with Gasteiger partial charge in [0.2, 0.25) is 5.91 Å². The summed E-state index contributed by atoms with van der Waals surface area (Å²) in [5.74, 6) is 1.42. The van der Waals surface area contributed by atoms with Crippen molar-refractivity contribution < 1.29 is 4.79 Å². The van der Waals surface area contributed by atoms with Crippen molar-refractivity contribution in [3.05, 3.63) is 30.2 Å². The van der Waals surface area contributed by atoms with Gasteiger partial charge in [-0.15, -0.1) is 10.2 Å². The topological polar surface area (TPSA) is 95.7 Å². The van der Waals surface area contributed by atoms with Crippen LogP contribution in [0, 0.1) is 5.41 Å². The number of amides is 1. The Kier molecular flexibility index (Phi) is 6.32. The van der Waals surface area contributed by atoms with E-state index in [-0.39, 0.29) is 5.91 Å². The molecule has 0 saturated heterocycles. The number of pyridine rings is 1. The van der Waals surface area contributed by atoms with Crippen molar-refractivity contribution in [2.75, 3.05) is 19.6 Å². The number of aromatic nitrogens is 3. The Morgan fingerprint density at radius 2 is 1.92 bits per heavy atom. The molecule has 2 aromatic rings. The molecule has 0 fully saturated rings. The van der Waals surface area contributed by atoms with Gasteiger partial charge in [0, 0.05) is 25.8 Å². The Bertz CT molecular complexity index is 735.